The van der Waals surface area contributed by atoms with Crippen molar-refractivity contribution >= 4 is 27.6 Å². The molecule has 8 nitrogen and oxygen atoms in total. The van der Waals surface area contributed by atoms with E-state index in [0.29, 0.717) is 29.8 Å². The van der Waals surface area contributed by atoms with E-state index in [9.17, 15) is 0 Å². The molecule has 8 rings (SSSR count). The normalized spacial score (nSPS) is 24.2. The number of H-pyrrole nitrogens is 1. The first kappa shape index (κ1) is 23.6. The van der Waals surface area contributed by atoms with Crippen molar-refractivity contribution in [3.05, 3.63) is 41.8 Å². The summed E-state index contributed by atoms with van der Waals surface area (Å²) in [6.07, 6.45) is 8.78. The van der Waals surface area contributed by atoms with Gasteiger partial charge in [0.05, 0.1) is 17.3 Å². The Morgan fingerprint density at radius 1 is 1.03 bits per heavy atom. The molecule has 2 N–H and O–H groups in total. The summed E-state index contributed by atoms with van der Waals surface area (Å²) in [6, 6.07) is 9.02. The largest absolute Gasteiger partial charge is 0.461 e. The van der Waals surface area contributed by atoms with Gasteiger partial charge in [-0.05, 0) is 81.8 Å². The summed E-state index contributed by atoms with van der Waals surface area (Å²) < 4.78 is 23.0. The molecule has 6 heterocycles. The number of piperazine rings is 1. The standard InChI is InChI=1S/C30H34FN7O/c1-18-4-9-24-23(14-32-36-24)25(18)21-7-8-22-27(26(21)31)34-29(39-17-30-10-2-12-38(30)13-3-11-30)35-28(22)37-15-19-5-6-20(16-37)33-19/h4,7-9,14,19-20,33H,2-3,5-6,10-13,15-17H2,1H3,(H,32,36). The van der Waals surface area contributed by atoms with Crippen molar-refractivity contribution in [2.24, 2.45) is 0 Å². The second-order valence-electron chi connectivity index (χ2n) is 12.0. The van der Waals surface area contributed by atoms with Crippen LogP contribution in [0.2, 0.25) is 0 Å². The quantitative estimate of drug-likeness (QED) is 0.394. The number of aromatic nitrogens is 4. The Morgan fingerprint density at radius 2 is 1.82 bits per heavy atom. The lowest BCUT2D eigenvalue weighted by Gasteiger charge is -2.34. The smallest absolute Gasteiger partial charge is 0.319 e. The Kier molecular flexibility index (Phi) is 5.35. The Balaban J connectivity index is 1.25. The molecule has 0 spiro atoms. The Labute approximate surface area is 226 Å². The summed E-state index contributed by atoms with van der Waals surface area (Å²) in [5, 5.41) is 12.6. The first-order valence-electron chi connectivity index (χ1n) is 14.4. The number of nitrogens with one attached hydrogen (secondary N) is 2. The lowest BCUT2D eigenvalue weighted by Crippen LogP contribution is -2.51. The SMILES string of the molecule is Cc1ccc2[nH]ncc2c1-c1ccc2c(N3CC4CCC(C3)N4)nc(OCC34CCCN3CCC4)nc2c1F. The lowest BCUT2D eigenvalue weighted by atomic mass is 9.95. The molecule has 2 aromatic heterocycles. The molecule has 9 heteroatoms. The summed E-state index contributed by atoms with van der Waals surface area (Å²) in [4.78, 5) is 14.6. The average molecular weight is 528 g/mol. The van der Waals surface area contributed by atoms with Crippen molar-refractivity contribution < 1.29 is 9.13 Å². The fourth-order valence-corrected chi connectivity index (χ4v) is 7.74. The van der Waals surface area contributed by atoms with Crippen LogP contribution in [0.5, 0.6) is 6.01 Å². The maximum Gasteiger partial charge on any atom is 0.319 e. The van der Waals surface area contributed by atoms with Crippen LogP contribution in [0.4, 0.5) is 10.2 Å². The molecule has 2 aromatic carbocycles. The molecule has 4 aromatic rings. The maximum absolute atomic E-state index is 16.6. The monoisotopic (exact) mass is 527 g/mol. The van der Waals surface area contributed by atoms with Crippen LogP contribution in [0.1, 0.15) is 44.1 Å². The van der Waals surface area contributed by atoms with Crippen molar-refractivity contribution in [1.82, 2.24) is 30.4 Å². The third-order valence-electron chi connectivity index (χ3n) is 9.67. The van der Waals surface area contributed by atoms with Crippen molar-refractivity contribution in [1.29, 1.82) is 0 Å². The summed E-state index contributed by atoms with van der Waals surface area (Å²) >= 11 is 0. The van der Waals surface area contributed by atoms with E-state index in [0.717, 1.165) is 72.3 Å². The second kappa shape index (κ2) is 8.86. The van der Waals surface area contributed by atoms with Crippen LogP contribution in [0.15, 0.2) is 30.5 Å². The third kappa shape index (κ3) is 3.73. The van der Waals surface area contributed by atoms with E-state index in [4.69, 9.17) is 14.7 Å². The van der Waals surface area contributed by atoms with Gasteiger partial charge in [-0.25, -0.2) is 4.39 Å². The zero-order valence-corrected chi connectivity index (χ0v) is 22.3. The minimum absolute atomic E-state index is 0.0705. The predicted molar refractivity (Wildman–Crippen MR) is 150 cm³/mol. The number of rotatable bonds is 5. The first-order chi connectivity index (χ1) is 19.1. The zero-order chi connectivity index (χ0) is 26.1. The number of halogens is 1. The van der Waals surface area contributed by atoms with E-state index in [-0.39, 0.29) is 17.4 Å². The number of aryl methyl sites for hydroxylation is 1. The predicted octanol–water partition coefficient (Wildman–Crippen LogP) is 4.57. The highest BCUT2D eigenvalue weighted by Gasteiger charge is 2.45. The van der Waals surface area contributed by atoms with Gasteiger partial charge in [0.15, 0.2) is 5.82 Å². The van der Waals surface area contributed by atoms with Gasteiger partial charge in [-0.3, -0.25) is 10.00 Å². The fraction of sp³-hybridized carbons (Fsp3) is 0.500. The van der Waals surface area contributed by atoms with E-state index < -0.39 is 0 Å². The van der Waals surface area contributed by atoms with Gasteiger partial charge in [0.1, 0.15) is 17.9 Å². The highest BCUT2D eigenvalue weighted by atomic mass is 19.1. The van der Waals surface area contributed by atoms with Crippen LogP contribution in [-0.4, -0.2) is 75.5 Å². The van der Waals surface area contributed by atoms with Gasteiger partial charge in [0.2, 0.25) is 0 Å². The molecule has 39 heavy (non-hydrogen) atoms. The van der Waals surface area contributed by atoms with Gasteiger partial charge >= 0.3 is 6.01 Å². The Hall–Kier alpha value is -3.30. The van der Waals surface area contributed by atoms with Crippen molar-refractivity contribution in [3.8, 4) is 17.1 Å². The van der Waals surface area contributed by atoms with Gasteiger partial charge in [0, 0.05) is 41.5 Å². The first-order valence-corrected chi connectivity index (χ1v) is 14.4. The molecule has 2 unspecified atom stereocenters. The van der Waals surface area contributed by atoms with E-state index in [1.54, 1.807) is 6.20 Å². The molecule has 2 bridgehead atoms. The molecule has 4 aliphatic heterocycles. The average Bonchev–Trinajstić information content (AvgIpc) is 3.72. The van der Waals surface area contributed by atoms with Gasteiger partial charge in [0.25, 0.3) is 0 Å². The van der Waals surface area contributed by atoms with Crippen molar-refractivity contribution in [2.75, 3.05) is 37.7 Å². The number of ether oxygens (including phenoxy) is 1. The van der Waals surface area contributed by atoms with E-state index in [1.807, 2.05) is 31.2 Å². The molecule has 2 atom stereocenters. The van der Waals surface area contributed by atoms with Gasteiger partial charge in [-0.2, -0.15) is 15.1 Å². The number of aromatic amines is 1. The molecule has 4 saturated heterocycles. The van der Waals surface area contributed by atoms with Crippen LogP contribution >= 0.6 is 0 Å². The number of nitrogens with zero attached hydrogens (tertiary/aromatic N) is 5. The third-order valence-corrected chi connectivity index (χ3v) is 9.67. The van der Waals surface area contributed by atoms with Crippen LogP contribution in [0.3, 0.4) is 0 Å². The van der Waals surface area contributed by atoms with Crippen molar-refractivity contribution in [2.45, 2.75) is 63.1 Å². The maximum atomic E-state index is 16.6. The summed E-state index contributed by atoms with van der Waals surface area (Å²) in [6.45, 7) is 6.55. The summed E-state index contributed by atoms with van der Waals surface area (Å²) in [7, 11) is 0. The van der Waals surface area contributed by atoms with Crippen LogP contribution < -0.4 is 15.0 Å². The molecule has 4 fully saturated rings. The lowest BCUT2D eigenvalue weighted by molar-refractivity contribution is 0.108. The molecule has 0 saturated carbocycles. The number of hydrogen-bond donors (Lipinski definition) is 2. The number of hydrogen-bond acceptors (Lipinski definition) is 7. The van der Waals surface area contributed by atoms with Gasteiger partial charge < -0.3 is 15.0 Å². The second-order valence-corrected chi connectivity index (χ2v) is 12.0. The van der Waals surface area contributed by atoms with Crippen molar-refractivity contribution in [3.63, 3.8) is 0 Å². The van der Waals surface area contributed by atoms with Gasteiger partial charge in [-0.15, -0.1) is 0 Å². The number of anilines is 1. The summed E-state index contributed by atoms with van der Waals surface area (Å²) in [5.41, 5.74) is 3.64. The van der Waals surface area contributed by atoms with E-state index in [1.165, 1.54) is 25.7 Å². The number of benzene rings is 2. The molecule has 0 radical (unpaired) electrons. The fourth-order valence-electron chi connectivity index (χ4n) is 7.74. The minimum Gasteiger partial charge on any atom is -0.461 e. The van der Waals surface area contributed by atoms with Crippen LogP contribution in [0, 0.1) is 12.7 Å². The highest BCUT2D eigenvalue weighted by molar-refractivity contribution is 6.00. The van der Waals surface area contributed by atoms with Crippen LogP contribution in [-0.2, 0) is 0 Å². The molecular formula is C30H34FN7O. The topological polar surface area (TPSA) is 82.2 Å². The molecule has 0 aliphatic carbocycles. The Morgan fingerprint density at radius 3 is 2.62 bits per heavy atom. The van der Waals surface area contributed by atoms with E-state index in [2.05, 4.69) is 25.3 Å². The van der Waals surface area contributed by atoms with E-state index >= 15 is 4.39 Å². The molecule has 0 amide bonds. The van der Waals surface area contributed by atoms with Crippen LogP contribution in [0.25, 0.3) is 32.9 Å². The Bertz CT molecular complexity index is 1560. The minimum atomic E-state index is -0.336. The summed E-state index contributed by atoms with van der Waals surface area (Å²) in [5.74, 6) is 0.446. The molecule has 4 aliphatic rings. The highest BCUT2D eigenvalue weighted by Crippen LogP contribution is 2.41. The molecular weight excluding hydrogens is 493 g/mol. The number of fused-ring (bicyclic) bond motifs is 5. The zero-order valence-electron chi connectivity index (χ0n) is 22.3. The molecule has 202 valence electrons. The van der Waals surface area contributed by atoms with Gasteiger partial charge in [-0.1, -0.05) is 12.1 Å².